The Morgan fingerprint density at radius 2 is 1.26 bits per heavy atom. The van der Waals surface area contributed by atoms with Crippen LogP contribution < -0.4 is 9.47 Å². The van der Waals surface area contributed by atoms with Crippen molar-refractivity contribution in [3.8, 4) is 11.5 Å². The van der Waals surface area contributed by atoms with Crippen LogP contribution in [0.1, 0.15) is 28.5 Å². The largest absolute Gasteiger partial charge is 0.497 e. The van der Waals surface area contributed by atoms with Gasteiger partial charge in [-0.05, 0) is 41.0 Å². The Kier molecular flexibility index (Phi) is 5.03. The number of methoxy groups -OCH3 is 1. The molecule has 0 heterocycles. The van der Waals surface area contributed by atoms with Crippen molar-refractivity contribution in [1.82, 2.24) is 0 Å². The van der Waals surface area contributed by atoms with Gasteiger partial charge in [0.1, 0.15) is 22.4 Å². The summed E-state index contributed by atoms with van der Waals surface area (Å²) < 4.78 is 10.3. The normalized spacial score (nSPS) is 20.1. The van der Waals surface area contributed by atoms with Crippen LogP contribution in [0.2, 0.25) is 0 Å². The molecule has 27 heavy (non-hydrogen) atoms. The summed E-state index contributed by atoms with van der Waals surface area (Å²) in [6.45, 7) is 0.549. The van der Waals surface area contributed by atoms with Crippen molar-refractivity contribution < 1.29 is 9.47 Å². The van der Waals surface area contributed by atoms with Gasteiger partial charge in [0.25, 0.3) is 0 Å². The van der Waals surface area contributed by atoms with E-state index < -0.39 is 4.33 Å². The highest BCUT2D eigenvalue weighted by Gasteiger charge is 2.64. The maximum atomic E-state index is 6.60. The molecule has 0 saturated heterocycles. The maximum Gasteiger partial charge on any atom is 0.133 e. The first kappa shape index (κ1) is 18.2. The van der Waals surface area contributed by atoms with E-state index in [9.17, 15) is 0 Å². The summed E-state index contributed by atoms with van der Waals surface area (Å²) >= 11 is 13.2. The standard InChI is InChI=1S/C23H20Cl2O2/c1-26-19-11-7-17(8-12-19)21-22(23(21,24)25)18-9-13-20(14-10-18)27-15-16-5-3-2-4-6-16/h2-14,21-22H,15H2,1H3/t21-,22-/m1/s1. The molecule has 4 heteroatoms. The van der Waals surface area contributed by atoms with Crippen LogP contribution in [-0.2, 0) is 6.61 Å². The van der Waals surface area contributed by atoms with Crippen molar-refractivity contribution in [2.75, 3.05) is 7.11 Å². The zero-order valence-electron chi connectivity index (χ0n) is 14.9. The van der Waals surface area contributed by atoms with Gasteiger partial charge in [-0.25, -0.2) is 0 Å². The number of halogens is 2. The molecule has 0 aromatic heterocycles. The highest BCUT2D eigenvalue weighted by atomic mass is 35.5. The third kappa shape index (κ3) is 3.78. The summed E-state index contributed by atoms with van der Waals surface area (Å²) in [6, 6.07) is 26.1. The zero-order chi connectivity index (χ0) is 18.9. The van der Waals surface area contributed by atoms with E-state index in [1.54, 1.807) is 7.11 Å². The minimum atomic E-state index is -0.791. The van der Waals surface area contributed by atoms with Crippen LogP contribution in [0, 0.1) is 0 Å². The monoisotopic (exact) mass is 398 g/mol. The number of rotatable bonds is 6. The van der Waals surface area contributed by atoms with Gasteiger partial charge in [0, 0.05) is 11.8 Å². The number of benzene rings is 3. The molecular weight excluding hydrogens is 379 g/mol. The van der Waals surface area contributed by atoms with Gasteiger partial charge in [0.05, 0.1) is 7.11 Å². The van der Waals surface area contributed by atoms with E-state index in [0.717, 1.165) is 28.2 Å². The second kappa shape index (κ2) is 7.46. The molecule has 3 aromatic carbocycles. The number of ether oxygens (including phenoxy) is 2. The topological polar surface area (TPSA) is 18.5 Å². The van der Waals surface area contributed by atoms with Crippen LogP contribution in [0.15, 0.2) is 78.9 Å². The SMILES string of the molecule is COc1ccc([C@@H]2[C@@H](c3ccc(OCc4ccccc4)cc3)C2(Cl)Cl)cc1. The molecule has 3 aromatic rings. The summed E-state index contributed by atoms with van der Waals surface area (Å²) in [5.41, 5.74) is 3.38. The fourth-order valence-corrected chi connectivity index (χ4v) is 4.36. The average molecular weight is 399 g/mol. The van der Waals surface area contributed by atoms with Gasteiger partial charge >= 0.3 is 0 Å². The van der Waals surface area contributed by atoms with Gasteiger partial charge in [-0.3, -0.25) is 0 Å². The van der Waals surface area contributed by atoms with Gasteiger partial charge in [-0.1, -0.05) is 54.6 Å². The summed E-state index contributed by atoms with van der Waals surface area (Å²) in [5, 5.41) is 0. The first-order valence-corrected chi connectivity index (χ1v) is 9.63. The van der Waals surface area contributed by atoms with E-state index in [4.69, 9.17) is 32.7 Å². The lowest BCUT2D eigenvalue weighted by atomic mass is 10.0. The quantitative estimate of drug-likeness (QED) is 0.451. The van der Waals surface area contributed by atoms with E-state index in [1.165, 1.54) is 0 Å². The molecule has 4 rings (SSSR count). The van der Waals surface area contributed by atoms with Crippen molar-refractivity contribution in [2.45, 2.75) is 22.8 Å². The second-order valence-corrected chi connectivity index (χ2v) is 8.19. The highest BCUT2D eigenvalue weighted by molar-refractivity contribution is 6.52. The minimum absolute atomic E-state index is 0.0670. The number of hydrogen-bond donors (Lipinski definition) is 0. The predicted molar refractivity (Wildman–Crippen MR) is 110 cm³/mol. The first-order valence-electron chi connectivity index (χ1n) is 8.88. The fourth-order valence-electron chi connectivity index (χ4n) is 3.48. The maximum absolute atomic E-state index is 6.60. The molecule has 0 amide bonds. The number of alkyl halides is 2. The summed E-state index contributed by atoms with van der Waals surface area (Å²) in [7, 11) is 1.66. The van der Waals surface area contributed by atoms with Crippen LogP contribution in [0.25, 0.3) is 0 Å². The Morgan fingerprint density at radius 1 is 0.741 bits per heavy atom. The first-order chi connectivity index (χ1) is 13.1. The molecule has 138 valence electrons. The highest BCUT2D eigenvalue weighted by Crippen LogP contribution is 2.70. The summed E-state index contributed by atoms with van der Waals surface area (Å²) in [6.07, 6.45) is 0. The van der Waals surface area contributed by atoms with Gasteiger partial charge in [-0.2, -0.15) is 0 Å². The molecule has 1 aliphatic rings. The van der Waals surface area contributed by atoms with Crippen LogP contribution in [0.4, 0.5) is 0 Å². The van der Waals surface area contributed by atoms with Gasteiger partial charge < -0.3 is 9.47 Å². The Labute approximate surface area is 169 Å². The van der Waals surface area contributed by atoms with Crippen LogP contribution in [-0.4, -0.2) is 11.4 Å². The van der Waals surface area contributed by atoms with Crippen molar-refractivity contribution >= 4 is 23.2 Å². The zero-order valence-corrected chi connectivity index (χ0v) is 16.5. The molecule has 0 aliphatic heterocycles. The van der Waals surface area contributed by atoms with Gasteiger partial charge in [0.15, 0.2) is 0 Å². The Bertz CT molecular complexity index is 890. The smallest absolute Gasteiger partial charge is 0.133 e. The van der Waals surface area contributed by atoms with Crippen molar-refractivity contribution in [3.63, 3.8) is 0 Å². The molecule has 1 saturated carbocycles. The van der Waals surface area contributed by atoms with E-state index in [-0.39, 0.29) is 11.8 Å². The third-order valence-corrected chi connectivity index (χ3v) is 5.96. The Balaban J connectivity index is 1.45. The molecule has 1 fully saturated rings. The van der Waals surface area contributed by atoms with Crippen LogP contribution >= 0.6 is 23.2 Å². The molecule has 0 spiro atoms. The summed E-state index contributed by atoms with van der Waals surface area (Å²) in [4.78, 5) is 0. The lowest BCUT2D eigenvalue weighted by molar-refractivity contribution is 0.306. The van der Waals surface area contributed by atoms with Crippen LogP contribution in [0.5, 0.6) is 11.5 Å². The Hall–Kier alpha value is -2.16. The molecule has 0 N–H and O–H groups in total. The van der Waals surface area contributed by atoms with Crippen molar-refractivity contribution in [2.24, 2.45) is 0 Å². The molecule has 1 aliphatic carbocycles. The summed E-state index contributed by atoms with van der Waals surface area (Å²) in [5.74, 6) is 1.80. The molecule has 0 bridgehead atoms. The van der Waals surface area contributed by atoms with E-state index in [1.807, 2.05) is 78.9 Å². The molecule has 0 unspecified atom stereocenters. The Morgan fingerprint density at radius 3 is 1.78 bits per heavy atom. The minimum Gasteiger partial charge on any atom is -0.497 e. The lowest BCUT2D eigenvalue weighted by Gasteiger charge is -2.07. The van der Waals surface area contributed by atoms with Crippen LogP contribution in [0.3, 0.4) is 0 Å². The van der Waals surface area contributed by atoms with E-state index in [0.29, 0.717) is 6.61 Å². The molecule has 2 atom stereocenters. The average Bonchev–Trinajstić information content (AvgIpc) is 3.29. The molecular formula is C23H20Cl2O2. The molecule has 2 nitrogen and oxygen atoms in total. The van der Waals surface area contributed by atoms with Crippen molar-refractivity contribution in [1.29, 1.82) is 0 Å². The van der Waals surface area contributed by atoms with E-state index in [2.05, 4.69) is 0 Å². The van der Waals surface area contributed by atoms with Gasteiger partial charge in [0.2, 0.25) is 0 Å². The second-order valence-electron chi connectivity index (χ2n) is 6.75. The molecule has 0 radical (unpaired) electrons. The third-order valence-electron chi connectivity index (χ3n) is 5.02. The van der Waals surface area contributed by atoms with Crippen molar-refractivity contribution in [3.05, 3.63) is 95.6 Å². The lowest BCUT2D eigenvalue weighted by Crippen LogP contribution is -1.95. The fraction of sp³-hybridized carbons (Fsp3) is 0.217. The number of hydrogen-bond acceptors (Lipinski definition) is 2. The van der Waals surface area contributed by atoms with Gasteiger partial charge in [-0.15, -0.1) is 23.2 Å². The predicted octanol–water partition coefficient (Wildman–Crippen LogP) is 6.33. The van der Waals surface area contributed by atoms with E-state index >= 15 is 0 Å².